The Kier molecular flexibility index (Phi) is 1.46. The van der Waals surface area contributed by atoms with E-state index in [9.17, 15) is 9.18 Å². The van der Waals surface area contributed by atoms with Gasteiger partial charge < -0.3 is 4.74 Å². The fourth-order valence-electron chi connectivity index (χ4n) is 0.644. The minimum atomic E-state index is -1.36. The number of hydrogen-bond acceptors (Lipinski definition) is 2. The van der Waals surface area contributed by atoms with Crippen molar-refractivity contribution in [3.63, 3.8) is 0 Å². The van der Waals surface area contributed by atoms with Gasteiger partial charge in [-0.15, -0.1) is 0 Å². The average Bonchev–Trinajstić information content (AvgIpc) is 1.77. The van der Waals surface area contributed by atoms with Crippen LogP contribution in [0.3, 0.4) is 0 Å². The molecule has 2 nitrogen and oxygen atoms in total. The Balaban J connectivity index is 2.39. The molecule has 0 amide bonds. The fraction of sp³-hybridized carbons (Fsp3) is 0.800. The molecule has 1 aliphatic rings. The summed E-state index contributed by atoms with van der Waals surface area (Å²) in [7, 11) is 0. The number of hydrogen-bond donors (Lipinski definition) is 0. The maximum Gasteiger partial charge on any atom is 0.340 e. The van der Waals surface area contributed by atoms with Crippen molar-refractivity contribution in [1.82, 2.24) is 0 Å². The van der Waals surface area contributed by atoms with E-state index < -0.39 is 12.1 Å². The van der Waals surface area contributed by atoms with E-state index in [2.05, 4.69) is 4.74 Å². The minimum Gasteiger partial charge on any atom is -0.464 e. The lowest BCUT2D eigenvalue weighted by Crippen LogP contribution is -2.24. The molecule has 0 saturated carbocycles. The lowest BCUT2D eigenvalue weighted by Gasteiger charge is -2.13. The summed E-state index contributed by atoms with van der Waals surface area (Å²) in [6.45, 7) is 0.388. The van der Waals surface area contributed by atoms with Crippen molar-refractivity contribution in [3.8, 4) is 0 Å². The third-order valence-electron chi connectivity index (χ3n) is 1.10. The standard InChI is InChI=1S/C5H7FO2/c6-4-2-1-3-8-5(4)7/h4H,1-3H2. The summed E-state index contributed by atoms with van der Waals surface area (Å²) in [6.07, 6.45) is -0.366. The zero-order valence-corrected chi connectivity index (χ0v) is 4.39. The average molecular weight is 118 g/mol. The van der Waals surface area contributed by atoms with E-state index in [1.54, 1.807) is 0 Å². The van der Waals surface area contributed by atoms with Crippen LogP contribution in [0, 0.1) is 0 Å². The van der Waals surface area contributed by atoms with Crippen LogP contribution in [0.5, 0.6) is 0 Å². The maximum atomic E-state index is 12.1. The lowest BCUT2D eigenvalue weighted by atomic mass is 10.2. The van der Waals surface area contributed by atoms with Crippen LogP contribution in [-0.4, -0.2) is 18.7 Å². The van der Waals surface area contributed by atoms with Gasteiger partial charge in [-0.3, -0.25) is 0 Å². The normalized spacial score (nSPS) is 29.6. The number of esters is 1. The molecule has 0 aromatic carbocycles. The number of rotatable bonds is 0. The zero-order valence-electron chi connectivity index (χ0n) is 4.39. The van der Waals surface area contributed by atoms with Crippen molar-refractivity contribution in [3.05, 3.63) is 0 Å². The minimum absolute atomic E-state index is 0.332. The second-order valence-corrected chi connectivity index (χ2v) is 1.78. The van der Waals surface area contributed by atoms with E-state index >= 15 is 0 Å². The highest BCUT2D eigenvalue weighted by Gasteiger charge is 2.22. The van der Waals surface area contributed by atoms with Gasteiger partial charge in [0.25, 0.3) is 0 Å². The first-order chi connectivity index (χ1) is 3.80. The number of carbonyl (C=O) groups is 1. The Bertz CT molecular complexity index is 103. The topological polar surface area (TPSA) is 26.3 Å². The van der Waals surface area contributed by atoms with E-state index in [-0.39, 0.29) is 0 Å². The van der Waals surface area contributed by atoms with Crippen LogP contribution in [0.1, 0.15) is 12.8 Å². The number of alkyl halides is 1. The van der Waals surface area contributed by atoms with Crippen LogP contribution in [0.4, 0.5) is 4.39 Å². The zero-order chi connectivity index (χ0) is 5.98. The first-order valence-corrected chi connectivity index (χ1v) is 2.61. The van der Waals surface area contributed by atoms with Gasteiger partial charge in [0.2, 0.25) is 0 Å². The van der Waals surface area contributed by atoms with Gasteiger partial charge in [0.1, 0.15) is 0 Å². The molecule has 1 atom stereocenters. The molecule has 1 rings (SSSR count). The molecule has 0 bridgehead atoms. The molecule has 1 unspecified atom stereocenters. The second-order valence-electron chi connectivity index (χ2n) is 1.78. The van der Waals surface area contributed by atoms with Crippen LogP contribution in [0.25, 0.3) is 0 Å². The van der Waals surface area contributed by atoms with E-state index in [0.717, 1.165) is 0 Å². The Morgan fingerprint density at radius 2 is 2.50 bits per heavy atom. The summed E-state index contributed by atoms with van der Waals surface area (Å²) in [6, 6.07) is 0. The predicted octanol–water partition coefficient (Wildman–Crippen LogP) is 0.662. The van der Waals surface area contributed by atoms with Gasteiger partial charge in [-0.2, -0.15) is 0 Å². The van der Waals surface area contributed by atoms with Crippen molar-refractivity contribution in [1.29, 1.82) is 0 Å². The summed E-state index contributed by atoms with van der Waals surface area (Å²) in [4.78, 5) is 10.2. The summed E-state index contributed by atoms with van der Waals surface area (Å²) < 4.78 is 16.5. The third-order valence-corrected chi connectivity index (χ3v) is 1.10. The molecule has 8 heavy (non-hydrogen) atoms. The van der Waals surface area contributed by atoms with E-state index in [0.29, 0.717) is 19.4 Å². The van der Waals surface area contributed by atoms with Crippen LogP contribution in [-0.2, 0) is 9.53 Å². The van der Waals surface area contributed by atoms with Gasteiger partial charge >= 0.3 is 5.97 Å². The van der Waals surface area contributed by atoms with Gasteiger partial charge in [-0.1, -0.05) is 0 Å². The van der Waals surface area contributed by atoms with Crippen molar-refractivity contribution in [2.45, 2.75) is 19.0 Å². The third kappa shape index (κ3) is 0.967. The van der Waals surface area contributed by atoms with Crippen LogP contribution >= 0.6 is 0 Å². The number of ether oxygens (including phenoxy) is 1. The van der Waals surface area contributed by atoms with Gasteiger partial charge in [0.15, 0.2) is 6.17 Å². The molecule has 1 saturated heterocycles. The first-order valence-electron chi connectivity index (χ1n) is 2.61. The van der Waals surface area contributed by atoms with Gasteiger partial charge in [0.05, 0.1) is 6.61 Å². The molecule has 0 aromatic heterocycles. The van der Waals surface area contributed by atoms with Crippen molar-refractivity contribution in [2.75, 3.05) is 6.61 Å². The monoisotopic (exact) mass is 118 g/mol. The number of halogens is 1. The Labute approximate surface area is 46.6 Å². The van der Waals surface area contributed by atoms with Crippen LogP contribution < -0.4 is 0 Å². The summed E-state index contributed by atoms with van der Waals surface area (Å²) >= 11 is 0. The van der Waals surface area contributed by atoms with Crippen molar-refractivity contribution >= 4 is 5.97 Å². The van der Waals surface area contributed by atoms with Gasteiger partial charge in [-0.25, -0.2) is 9.18 Å². The number of carbonyl (C=O) groups excluding carboxylic acids is 1. The van der Waals surface area contributed by atoms with Gasteiger partial charge in [-0.05, 0) is 12.8 Å². The van der Waals surface area contributed by atoms with E-state index in [4.69, 9.17) is 0 Å². The quantitative estimate of drug-likeness (QED) is 0.437. The second kappa shape index (κ2) is 2.11. The maximum absolute atomic E-state index is 12.1. The first kappa shape index (κ1) is 5.54. The highest BCUT2D eigenvalue weighted by atomic mass is 19.1. The molecule has 0 radical (unpaired) electrons. The Morgan fingerprint density at radius 1 is 1.75 bits per heavy atom. The lowest BCUT2D eigenvalue weighted by molar-refractivity contribution is -0.153. The fourth-order valence-corrected chi connectivity index (χ4v) is 0.644. The molecule has 0 aromatic rings. The van der Waals surface area contributed by atoms with E-state index in [1.165, 1.54) is 0 Å². The van der Waals surface area contributed by atoms with Crippen LogP contribution in [0.15, 0.2) is 0 Å². The van der Waals surface area contributed by atoms with Crippen molar-refractivity contribution < 1.29 is 13.9 Å². The molecule has 3 heteroatoms. The predicted molar refractivity (Wildman–Crippen MR) is 25.1 cm³/mol. The Morgan fingerprint density at radius 3 is 2.88 bits per heavy atom. The van der Waals surface area contributed by atoms with Crippen LogP contribution in [0.2, 0.25) is 0 Å². The molecule has 1 fully saturated rings. The smallest absolute Gasteiger partial charge is 0.340 e. The molecular weight excluding hydrogens is 111 g/mol. The molecule has 0 aliphatic carbocycles. The summed E-state index contributed by atoms with van der Waals surface area (Å²) in [5.41, 5.74) is 0. The Hall–Kier alpha value is -0.600. The number of cyclic esters (lactones) is 1. The largest absolute Gasteiger partial charge is 0.464 e. The van der Waals surface area contributed by atoms with E-state index in [1.807, 2.05) is 0 Å². The SMILES string of the molecule is O=C1OCCCC1F. The summed E-state index contributed by atoms with van der Waals surface area (Å²) in [5, 5.41) is 0. The van der Waals surface area contributed by atoms with Crippen molar-refractivity contribution in [2.24, 2.45) is 0 Å². The summed E-state index contributed by atoms with van der Waals surface area (Å²) in [5.74, 6) is -0.698. The molecule has 0 spiro atoms. The molecule has 46 valence electrons. The molecular formula is C5H7FO2. The highest BCUT2D eigenvalue weighted by Crippen LogP contribution is 2.09. The molecule has 0 N–H and O–H groups in total. The van der Waals surface area contributed by atoms with Gasteiger partial charge in [0, 0.05) is 0 Å². The molecule has 1 aliphatic heterocycles. The highest BCUT2D eigenvalue weighted by molar-refractivity contribution is 5.74. The molecule has 1 heterocycles.